The van der Waals surface area contributed by atoms with Gasteiger partial charge < -0.3 is 9.42 Å². The SMILES string of the molecule is C/C(=C(\F)C(=O)N1CCCC1c1cc(C)no1)C1CC1. The third-order valence-electron chi connectivity index (χ3n) is 4.21. The van der Waals surface area contributed by atoms with E-state index in [4.69, 9.17) is 4.52 Å². The zero-order valence-electron chi connectivity index (χ0n) is 11.9. The number of carbonyl (C=O) groups is 1. The van der Waals surface area contributed by atoms with Crippen molar-refractivity contribution in [2.45, 2.75) is 45.6 Å². The smallest absolute Gasteiger partial charge is 0.283 e. The zero-order valence-corrected chi connectivity index (χ0v) is 11.9. The molecule has 0 radical (unpaired) electrons. The van der Waals surface area contributed by atoms with Gasteiger partial charge in [-0.05, 0) is 51.0 Å². The number of aromatic nitrogens is 1. The topological polar surface area (TPSA) is 46.3 Å². The van der Waals surface area contributed by atoms with Crippen molar-refractivity contribution < 1.29 is 13.7 Å². The van der Waals surface area contributed by atoms with Crippen molar-refractivity contribution in [3.05, 3.63) is 28.9 Å². The summed E-state index contributed by atoms with van der Waals surface area (Å²) >= 11 is 0. The van der Waals surface area contributed by atoms with E-state index in [1.54, 1.807) is 11.8 Å². The van der Waals surface area contributed by atoms with E-state index in [1.807, 2.05) is 13.0 Å². The molecule has 1 aromatic rings. The van der Waals surface area contributed by atoms with Crippen molar-refractivity contribution in [1.82, 2.24) is 10.1 Å². The lowest BCUT2D eigenvalue weighted by Gasteiger charge is -2.22. The van der Waals surface area contributed by atoms with Crippen LogP contribution >= 0.6 is 0 Å². The minimum absolute atomic E-state index is 0.179. The van der Waals surface area contributed by atoms with E-state index in [9.17, 15) is 9.18 Å². The molecule has 0 N–H and O–H groups in total. The Kier molecular flexibility index (Phi) is 3.36. The molecule has 1 unspecified atom stereocenters. The van der Waals surface area contributed by atoms with Crippen LogP contribution in [-0.4, -0.2) is 22.5 Å². The van der Waals surface area contributed by atoms with Gasteiger partial charge in [0.15, 0.2) is 11.6 Å². The minimum atomic E-state index is -0.573. The molecule has 0 aromatic carbocycles. The van der Waals surface area contributed by atoms with E-state index in [0.717, 1.165) is 31.4 Å². The molecular weight excluding hydrogens is 259 g/mol. The molecule has 1 aliphatic carbocycles. The van der Waals surface area contributed by atoms with E-state index < -0.39 is 11.7 Å². The lowest BCUT2D eigenvalue weighted by atomic mass is 10.1. The minimum Gasteiger partial charge on any atom is -0.359 e. The van der Waals surface area contributed by atoms with Gasteiger partial charge in [0.1, 0.15) is 0 Å². The van der Waals surface area contributed by atoms with Gasteiger partial charge in [0.05, 0.1) is 11.7 Å². The first-order valence-electron chi connectivity index (χ1n) is 7.18. The van der Waals surface area contributed by atoms with Gasteiger partial charge in [-0.25, -0.2) is 4.39 Å². The second-order valence-electron chi connectivity index (χ2n) is 5.80. The van der Waals surface area contributed by atoms with Crippen LogP contribution in [0.5, 0.6) is 0 Å². The van der Waals surface area contributed by atoms with Crippen LogP contribution in [-0.2, 0) is 4.79 Å². The lowest BCUT2D eigenvalue weighted by Crippen LogP contribution is -2.31. The van der Waals surface area contributed by atoms with Crippen molar-refractivity contribution in [1.29, 1.82) is 0 Å². The highest BCUT2D eigenvalue weighted by atomic mass is 19.1. The molecule has 20 heavy (non-hydrogen) atoms. The summed E-state index contributed by atoms with van der Waals surface area (Å²) in [6.07, 6.45) is 3.66. The van der Waals surface area contributed by atoms with Crippen LogP contribution in [0.4, 0.5) is 4.39 Å². The second-order valence-corrected chi connectivity index (χ2v) is 5.80. The van der Waals surface area contributed by atoms with Gasteiger partial charge in [-0.15, -0.1) is 0 Å². The van der Waals surface area contributed by atoms with Crippen molar-refractivity contribution >= 4 is 5.91 Å². The Morgan fingerprint density at radius 1 is 1.45 bits per heavy atom. The summed E-state index contributed by atoms with van der Waals surface area (Å²) < 4.78 is 19.5. The van der Waals surface area contributed by atoms with Gasteiger partial charge in [0.2, 0.25) is 0 Å². The second kappa shape index (κ2) is 5.04. The third kappa shape index (κ3) is 2.37. The van der Waals surface area contributed by atoms with E-state index >= 15 is 0 Å². The number of nitrogens with zero attached hydrogens (tertiary/aromatic N) is 2. The molecule has 2 heterocycles. The Labute approximate surface area is 117 Å². The number of aryl methyl sites for hydroxylation is 1. The Bertz CT molecular complexity index is 560. The summed E-state index contributed by atoms with van der Waals surface area (Å²) in [5.41, 5.74) is 1.39. The Hall–Kier alpha value is -1.65. The van der Waals surface area contributed by atoms with Crippen molar-refractivity contribution in [3.63, 3.8) is 0 Å². The molecule has 1 aromatic heterocycles. The number of carbonyl (C=O) groups excluding carboxylic acids is 1. The molecule has 5 heteroatoms. The highest BCUT2D eigenvalue weighted by Gasteiger charge is 2.36. The normalized spacial score (nSPS) is 23.9. The molecule has 1 saturated heterocycles. The predicted octanol–water partition coefficient (Wildman–Crippen LogP) is 3.30. The van der Waals surface area contributed by atoms with Crippen molar-refractivity contribution in [2.24, 2.45) is 5.92 Å². The van der Waals surface area contributed by atoms with Gasteiger partial charge in [-0.1, -0.05) is 5.16 Å². The van der Waals surface area contributed by atoms with E-state index in [0.29, 0.717) is 17.9 Å². The summed E-state index contributed by atoms with van der Waals surface area (Å²) in [6, 6.07) is 1.65. The monoisotopic (exact) mass is 278 g/mol. The van der Waals surface area contributed by atoms with Gasteiger partial charge >= 0.3 is 0 Å². The van der Waals surface area contributed by atoms with E-state index in [-0.39, 0.29) is 12.0 Å². The maximum atomic E-state index is 14.3. The van der Waals surface area contributed by atoms with Crippen LogP contribution in [0.15, 0.2) is 22.0 Å². The molecule has 2 aliphatic rings. The average molecular weight is 278 g/mol. The average Bonchev–Trinajstić information content (AvgIpc) is 3.01. The maximum absolute atomic E-state index is 14.3. The van der Waals surface area contributed by atoms with Crippen LogP contribution in [0.25, 0.3) is 0 Å². The first kappa shape index (κ1) is 13.3. The largest absolute Gasteiger partial charge is 0.359 e. The summed E-state index contributed by atoms with van der Waals surface area (Å²) in [7, 11) is 0. The van der Waals surface area contributed by atoms with Gasteiger partial charge in [0.25, 0.3) is 5.91 Å². The van der Waals surface area contributed by atoms with Crippen molar-refractivity contribution in [2.75, 3.05) is 6.54 Å². The van der Waals surface area contributed by atoms with Crippen LogP contribution < -0.4 is 0 Å². The van der Waals surface area contributed by atoms with E-state index in [1.165, 1.54) is 0 Å². The summed E-state index contributed by atoms with van der Waals surface area (Å²) in [6.45, 7) is 4.15. The fraction of sp³-hybridized carbons (Fsp3) is 0.600. The molecule has 0 bridgehead atoms. The molecule has 1 saturated carbocycles. The number of allylic oxidation sites excluding steroid dienone is 1. The van der Waals surface area contributed by atoms with Gasteiger partial charge in [0, 0.05) is 12.6 Å². The predicted molar refractivity (Wildman–Crippen MR) is 71.5 cm³/mol. The van der Waals surface area contributed by atoms with Crippen LogP contribution in [0, 0.1) is 12.8 Å². The molecule has 1 amide bonds. The van der Waals surface area contributed by atoms with Crippen LogP contribution in [0.3, 0.4) is 0 Å². The molecule has 0 spiro atoms. The first-order chi connectivity index (χ1) is 9.58. The Balaban J connectivity index is 1.81. The number of rotatable bonds is 3. The number of likely N-dealkylation sites (tertiary alicyclic amines) is 1. The molecular formula is C15H19FN2O2. The summed E-state index contributed by atoms with van der Waals surface area (Å²) in [5, 5.41) is 3.85. The van der Waals surface area contributed by atoms with Crippen molar-refractivity contribution in [3.8, 4) is 0 Å². The first-order valence-corrected chi connectivity index (χ1v) is 7.18. The van der Waals surface area contributed by atoms with Gasteiger partial charge in [-0.3, -0.25) is 4.79 Å². The summed E-state index contributed by atoms with van der Waals surface area (Å²) in [5.74, 6) is -0.139. The van der Waals surface area contributed by atoms with Gasteiger partial charge in [-0.2, -0.15) is 0 Å². The molecule has 108 valence electrons. The highest BCUT2D eigenvalue weighted by molar-refractivity contribution is 5.92. The quantitative estimate of drug-likeness (QED) is 0.797. The fourth-order valence-corrected chi connectivity index (χ4v) is 2.84. The zero-order chi connectivity index (χ0) is 14.3. The Morgan fingerprint density at radius 2 is 2.20 bits per heavy atom. The molecule has 1 atom stereocenters. The number of halogens is 1. The van der Waals surface area contributed by atoms with Crippen LogP contribution in [0.2, 0.25) is 0 Å². The standard InChI is InChI=1S/C15H19FN2O2/c1-9-8-13(20-17-9)12-4-3-7-18(12)15(19)14(16)10(2)11-5-6-11/h8,11-12H,3-7H2,1-2H3/b14-10+. The number of amides is 1. The fourth-order valence-electron chi connectivity index (χ4n) is 2.84. The Morgan fingerprint density at radius 3 is 2.80 bits per heavy atom. The maximum Gasteiger partial charge on any atom is 0.283 e. The highest BCUT2D eigenvalue weighted by Crippen LogP contribution is 2.40. The molecule has 3 rings (SSSR count). The van der Waals surface area contributed by atoms with E-state index in [2.05, 4.69) is 5.16 Å². The molecule has 1 aliphatic heterocycles. The number of hydrogen-bond donors (Lipinski definition) is 0. The molecule has 2 fully saturated rings. The lowest BCUT2D eigenvalue weighted by molar-refractivity contribution is -0.130. The van der Waals surface area contributed by atoms with Crippen LogP contribution in [0.1, 0.15) is 50.1 Å². The number of hydrogen-bond acceptors (Lipinski definition) is 3. The summed E-state index contributed by atoms with van der Waals surface area (Å²) in [4.78, 5) is 13.9. The third-order valence-corrected chi connectivity index (χ3v) is 4.21. The molecule has 4 nitrogen and oxygen atoms in total.